The lowest BCUT2D eigenvalue weighted by molar-refractivity contribution is -0.122. The number of hydrazine groups is 1. The fourth-order valence-electron chi connectivity index (χ4n) is 2.38. The molecule has 1 aromatic heterocycles. The second-order valence-electron chi connectivity index (χ2n) is 5.36. The first-order chi connectivity index (χ1) is 12.5. The van der Waals surface area contributed by atoms with Crippen molar-refractivity contribution < 1.29 is 9.59 Å². The van der Waals surface area contributed by atoms with Crippen molar-refractivity contribution in [2.24, 2.45) is 0 Å². The van der Waals surface area contributed by atoms with Gasteiger partial charge in [-0.15, -0.1) is 0 Å². The predicted octanol–water partition coefficient (Wildman–Crippen LogP) is 0.804. The fourth-order valence-corrected chi connectivity index (χ4v) is 2.60. The molecule has 0 radical (unpaired) electrons. The summed E-state index contributed by atoms with van der Waals surface area (Å²) in [5, 5.41) is 3.00. The molecule has 0 saturated carbocycles. The number of rotatable bonds is 3. The van der Waals surface area contributed by atoms with Crippen LogP contribution < -0.4 is 22.0 Å². The summed E-state index contributed by atoms with van der Waals surface area (Å²) in [6, 6.07) is 12.6. The number of aromatic amines is 1. The Bertz CT molecular complexity index is 1120. The first kappa shape index (κ1) is 17.4. The van der Waals surface area contributed by atoms with Crippen LogP contribution in [0.1, 0.15) is 10.4 Å². The second kappa shape index (κ2) is 7.24. The lowest BCUT2D eigenvalue weighted by Crippen LogP contribution is -2.45. The highest BCUT2D eigenvalue weighted by atomic mass is 35.5. The van der Waals surface area contributed by atoms with Gasteiger partial charge in [0.1, 0.15) is 6.54 Å². The number of halogens is 1. The minimum absolute atomic E-state index is 0.186. The minimum Gasteiger partial charge on any atom is -0.271 e. The lowest BCUT2D eigenvalue weighted by atomic mass is 10.2. The summed E-state index contributed by atoms with van der Waals surface area (Å²) in [5.74, 6) is -1.30. The van der Waals surface area contributed by atoms with Crippen LogP contribution >= 0.6 is 11.6 Å². The highest BCUT2D eigenvalue weighted by Gasteiger charge is 2.13. The van der Waals surface area contributed by atoms with Crippen LogP contribution in [0, 0.1) is 0 Å². The number of nitrogens with zero attached hydrogens (tertiary/aromatic N) is 1. The molecular weight excluding hydrogens is 360 g/mol. The van der Waals surface area contributed by atoms with Gasteiger partial charge in [-0.05, 0) is 24.3 Å². The zero-order valence-corrected chi connectivity index (χ0v) is 14.0. The summed E-state index contributed by atoms with van der Waals surface area (Å²) in [4.78, 5) is 48.3. The van der Waals surface area contributed by atoms with E-state index in [1.54, 1.807) is 24.3 Å². The summed E-state index contributed by atoms with van der Waals surface area (Å²) in [5.41, 5.74) is 3.55. The van der Waals surface area contributed by atoms with E-state index in [1.165, 1.54) is 24.3 Å². The van der Waals surface area contributed by atoms with Crippen LogP contribution in [0.3, 0.4) is 0 Å². The van der Waals surface area contributed by atoms with E-state index in [1.807, 2.05) is 0 Å². The van der Waals surface area contributed by atoms with Gasteiger partial charge in [-0.1, -0.05) is 35.9 Å². The summed E-state index contributed by atoms with van der Waals surface area (Å²) < 4.78 is 0.877. The minimum atomic E-state index is -0.696. The van der Waals surface area contributed by atoms with E-state index in [-0.39, 0.29) is 21.4 Å². The highest BCUT2D eigenvalue weighted by Crippen LogP contribution is 2.14. The molecule has 0 atom stereocenters. The van der Waals surface area contributed by atoms with Gasteiger partial charge in [0.15, 0.2) is 0 Å². The summed E-state index contributed by atoms with van der Waals surface area (Å²) in [7, 11) is 0. The van der Waals surface area contributed by atoms with Gasteiger partial charge in [-0.2, -0.15) is 0 Å². The first-order valence-electron chi connectivity index (χ1n) is 7.53. The van der Waals surface area contributed by atoms with E-state index < -0.39 is 29.5 Å². The van der Waals surface area contributed by atoms with E-state index in [4.69, 9.17) is 11.6 Å². The van der Waals surface area contributed by atoms with Crippen LogP contribution in [-0.2, 0) is 11.3 Å². The van der Waals surface area contributed by atoms with Crippen LogP contribution in [0.4, 0.5) is 0 Å². The van der Waals surface area contributed by atoms with Gasteiger partial charge in [0.05, 0.1) is 21.4 Å². The maximum absolute atomic E-state index is 12.3. The number of benzene rings is 2. The van der Waals surface area contributed by atoms with Gasteiger partial charge in [0, 0.05) is 0 Å². The molecule has 0 spiro atoms. The van der Waals surface area contributed by atoms with Gasteiger partial charge >= 0.3 is 0 Å². The van der Waals surface area contributed by atoms with E-state index in [0.29, 0.717) is 0 Å². The van der Waals surface area contributed by atoms with Crippen LogP contribution in [0.2, 0.25) is 5.02 Å². The SMILES string of the molecule is O=C(Cn1[nH]c(=O)c2ccccc2c1=O)NNC(=O)c1ccccc1Cl. The Hall–Kier alpha value is -3.39. The molecule has 3 rings (SSSR count). The molecule has 8 nitrogen and oxygen atoms in total. The van der Waals surface area contributed by atoms with E-state index >= 15 is 0 Å². The number of H-pyrrole nitrogens is 1. The maximum atomic E-state index is 12.3. The molecule has 0 fully saturated rings. The number of hydrogen-bond donors (Lipinski definition) is 3. The van der Waals surface area contributed by atoms with Crippen molar-refractivity contribution in [3.05, 3.63) is 79.8 Å². The molecule has 132 valence electrons. The fraction of sp³-hybridized carbons (Fsp3) is 0.0588. The van der Waals surface area contributed by atoms with E-state index in [0.717, 1.165) is 4.68 Å². The highest BCUT2D eigenvalue weighted by molar-refractivity contribution is 6.33. The van der Waals surface area contributed by atoms with Gasteiger partial charge in [-0.25, -0.2) is 4.68 Å². The van der Waals surface area contributed by atoms with Crippen LogP contribution in [0.25, 0.3) is 10.8 Å². The smallest absolute Gasteiger partial charge is 0.271 e. The van der Waals surface area contributed by atoms with Crippen molar-refractivity contribution in [3.63, 3.8) is 0 Å². The summed E-state index contributed by atoms with van der Waals surface area (Å²) in [6.07, 6.45) is 0. The Balaban J connectivity index is 1.73. The molecule has 2 amide bonds. The molecule has 0 unspecified atom stereocenters. The Kier molecular flexibility index (Phi) is 4.85. The molecule has 0 aliphatic carbocycles. The second-order valence-corrected chi connectivity index (χ2v) is 5.77. The molecular formula is C17H13ClN4O4. The van der Waals surface area contributed by atoms with Crippen molar-refractivity contribution >= 4 is 34.2 Å². The molecule has 2 aromatic carbocycles. The van der Waals surface area contributed by atoms with Crippen molar-refractivity contribution in [1.82, 2.24) is 20.6 Å². The molecule has 3 aromatic rings. The Morgan fingerprint density at radius 3 is 2.35 bits per heavy atom. The third-order valence-electron chi connectivity index (χ3n) is 3.62. The number of carbonyl (C=O) groups is 2. The van der Waals surface area contributed by atoms with Crippen molar-refractivity contribution in [2.45, 2.75) is 6.54 Å². The maximum Gasteiger partial charge on any atom is 0.273 e. The first-order valence-corrected chi connectivity index (χ1v) is 7.91. The number of aromatic nitrogens is 2. The van der Waals surface area contributed by atoms with Crippen molar-refractivity contribution in [1.29, 1.82) is 0 Å². The topological polar surface area (TPSA) is 113 Å². The number of carbonyl (C=O) groups excluding carboxylic acids is 2. The average Bonchev–Trinajstić information content (AvgIpc) is 2.64. The Morgan fingerprint density at radius 1 is 0.962 bits per heavy atom. The number of nitrogens with one attached hydrogen (secondary N) is 3. The molecule has 1 heterocycles. The number of hydrogen-bond acceptors (Lipinski definition) is 4. The van der Waals surface area contributed by atoms with Crippen molar-refractivity contribution in [2.75, 3.05) is 0 Å². The predicted molar refractivity (Wildman–Crippen MR) is 95.9 cm³/mol. The van der Waals surface area contributed by atoms with Gasteiger partial charge in [0.2, 0.25) is 0 Å². The summed E-state index contributed by atoms with van der Waals surface area (Å²) >= 11 is 5.90. The molecule has 0 aliphatic rings. The van der Waals surface area contributed by atoms with E-state index in [2.05, 4.69) is 16.0 Å². The normalized spacial score (nSPS) is 10.5. The molecule has 26 heavy (non-hydrogen) atoms. The molecule has 0 aliphatic heterocycles. The van der Waals surface area contributed by atoms with Crippen molar-refractivity contribution in [3.8, 4) is 0 Å². The molecule has 9 heteroatoms. The average molecular weight is 373 g/mol. The number of fused-ring (bicyclic) bond motifs is 1. The van der Waals surface area contributed by atoms with Crippen LogP contribution in [0.15, 0.2) is 58.1 Å². The standard InChI is InChI=1S/C17H13ClN4O4/c18-13-8-4-3-7-12(13)15(24)20-19-14(23)9-22-17(26)11-6-2-1-5-10(11)16(25)21-22/h1-8H,9H2,(H,19,23)(H,20,24)(H,21,25). The molecule has 0 bridgehead atoms. The Morgan fingerprint density at radius 2 is 1.62 bits per heavy atom. The molecule has 0 saturated heterocycles. The lowest BCUT2D eigenvalue weighted by Gasteiger charge is -2.10. The van der Waals surface area contributed by atoms with E-state index in [9.17, 15) is 19.2 Å². The van der Waals surface area contributed by atoms with Gasteiger partial charge in [-0.3, -0.25) is 35.1 Å². The summed E-state index contributed by atoms with van der Waals surface area (Å²) in [6.45, 7) is -0.471. The third-order valence-corrected chi connectivity index (χ3v) is 3.95. The Labute approximate surface area is 151 Å². The number of amides is 2. The van der Waals surface area contributed by atoms with Gasteiger partial charge < -0.3 is 0 Å². The zero-order chi connectivity index (χ0) is 18.7. The zero-order valence-electron chi connectivity index (χ0n) is 13.3. The van der Waals surface area contributed by atoms with Crippen LogP contribution in [0.5, 0.6) is 0 Å². The quantitative estimate of drug-likeness (QED) is 0.590. The van der Waals surface area contributed by atoms with Gasteiger partial charge in [0.25, 0.3) is 22.9 Å². The monoisotopic (exact) mass is 372 g/mol. The van der Waals surface area contributed by atoms with Crippen LogP contribution in [-0.4, -0.2) is 21.6 Å². The molecule has 3 N–H and O–H groups in total. The largest absolute Gasteiger partial charge is 0.273 e. The third kappa shape index (κ3) is 3.50.